The monoisotopic (exact) mass is 305 g/mol. The predicted octanol–water partition coefficient (Wildman–Crippen LogP) is 3.14. The van der Waals surface area contributed by atoms with Crippen LogP contribution in [0, 0.1) is 11.7 Å². The van der Waals surface area contributed by atoms with Gasteiger partial charge < -0.3 is 5.11 Å². The maximum Gasteiger partial charge on any atom is 0.419 e. The number of rotatable bonds is 3. The topological polar surface area (TPSA) is 40.5 Å². The van der Waals surface area contributed by atoms with Crippen LogP contribution in [-0.2, 0) is 17.5 Å². The Labute approximate surface area is 119 Å². The van der Waals surface area contributed by atoms with Gasteiger partial charge in [0.15, 0.2) is 0 Å². The number of benzene rings is 1. The third-order valence-corrected chi connectivity index (χ3v) is 3.60. The van der Waals surface area contributed by atoms with Crippen LogP contribution in [0.3, 0.4) is 0 Å². The molecule has 3 nitrogen and oxygen atoms in total. The minimum absolute atomic E-state index is 0.188. The number of carboxylic acids is 1. The summed E-state index contributed by atoms with van der Waals surface area (Å²) in [4.78, 5) is 12.7. The van der Waals surface area contributed by atoms with E-state index in [1.54, 1.807) is 4.90 Å². The van der Waals surface area contributed by atoms with Gasteiger partial charge in [0.1, 0.15) is 5.82 Å². The van der Waals surface area contributed by atoms with Crippen LogP contribution >= 0.6 is 0 Å². The van der Waals surface area contributed by atoms with Crippen molar-refractivity contribution in [3.8, 4) is 0 Å². The number of halogens is 4. The van der Waals surface area contributed by atoms with Crippen LogP contribution in [0.1, 0.15) is 24.0 Å². The molecule has 1 aliphatic rings. The third-order valence-electron chi connectivity index (χ3n) is 3.60. The fraction of sp³-hybridized carbons (Fsp3) is 0.500. The molecule has 1 heterocycles. The summed E-state index contributed by atoms with van der Waals surface area (Å²) in [5.41, 5.74) is -0.957. The lowest BCUT2D eigenvalue weighted by molar-refractivity contribution is -0.143. The average molecular weight is 305 g/mol. The highest BCUT2D eigenvalue weighted by molar-refractivity contribution is 5.70. The summed E-state index contributed by atoms with van der Waals surface area (Å²) in [5, 5.41) is 8.98. The Kier molecular flexibility index (Phi) is 4.51. The molecule has 1 fully saturated rings. The van der Waals surface area contributed by atoms with Gasteiger partial charge in [-0.2, -0.15) is 13.2 Å². The fourth-order valence-corrected chi connectivity index (χ4v) is 2.55. The van der Waals surface area contributed by atoms with Crippen LogP contribution in [0.4, 0.5) is 17.6 Å². The molecule has 1 unspecified atom stereocenters. The van der Waals surface area contributed by atoms with E-state index < -0.39 is 29.4 Å². The average Bonchev–Trinajstić information content (AvgIpc) is 2.40. The number of carbonyl (C=O) groups is 1. The molecule has 0 saturated carbocycles. The Morgan fingerprint density at radius 2 is 2.10 bits per heavy atom. The van der Waals surface area contributed by atoms with Crippen molar-refractivity contribution in [2.45, 2.75) is 25.6 Å². The van der Waals surface area contributed by atoms with Crippen molar-refractivity contribution in [3.05, 3.63) is 35.1 Å². The number of aliphatic carboxylic acids is 1. The summed E-state index contributed by atoms with van der Waals surface area (Å²) in [7, 11) is 0. The zero-order chi connectivity index (χ0) is 15.6. The molecule has 0 aliphatic carbocycles. The van der Waals surface area contributed by atoms with Gasteiger partial charge in [-0.1, -0.05) is 6.07 Å². The molecule has 0 bridgehead atoms. The van der Waals surface area contributed by atoms with E-state index >= 15 is 0 Å². The van der Waals surface area contributed by atoms with Crippen molar-refractivity contribution in [2.75, 3.05) is 13.1 Å². The number of nitrogens with zero attached hydrogens (tertiary/aromatic N) is 1. The molecule has 7 heteroatoms. The minimum Gasteiger partial charge on any atom is -0.481 e. The molecule has 2 rings (SSSR count). The van der Waals surface area contributed by atoms with Crippen molar-refractivity contribution >= 4 is 5.97 Å². The summed E-state index contributed by atoms with van der Waals surface area (Å²) in [6.07, 6.45) is -3.47. The summed E-state index contributed by atoms with van der Waals surface area (Å²) in [6, 6.07) is 2.89. The normalized spacial score (nSPS) is 20.5. The Bertz CT molecular complexity index is 530. The molecule has 1 saturated heterocycles. The maximum absolute atomic E-state index is 13.2. The molecular formula is C14H15F4NO2. The van der Waals surface area contributed by atoms with Crippen molar-refractivity contribution in [2.24, 2.45) is 5.92 Å². The maximum atomic E-state index is 13.2. The summed E-state index contributed by atoms with van der Waals surface area (Å²) < 4.78 is 51.1. The lowest BCUT2D eigenvalue weighted by atomic mass is 9.97. The molecule has 1 aliphatic heterocycles. The molecule has 1 aromatic carbocycles. The Hall–Kier alpha value is -1.63. The van der Waals surface area contributed by atoms with E-state index in [0.717, 1.165) is 12.1 Å². The molecule has 0 aromatic heterocycles. The van der Waals surface area contributed by atoms with Gasteiger partial charge in [0.2, 0.25) is 0 Å². The SMILES string of the molecule is O=C(O)C1CCCN(Cc2ccc(F)c(C(F)(F)F)c2)C1. The van der Waals surface area contributed by atoms with Gasteiger partial charge in [0.25, 0.3) is 0 Å². The molecule has 1 aromatic rings. The highest BCUT2D eigenvalue weighted by Gasteiger charge is 2.34. The van der Waals surface area contributed by atoms with E-state index in [4.69, 9.17) is 5.11 Å². The van der Waals surface area contributed by atoms with Gasteiger partial charge in [-0.05, 0) is 37.1 Å². The summed E-state index contributed by atoms with van der Waals surface area (Å²) in [5.74, 6) is -2.69. The van der Waals surface area contributed by atoms with E-state index in [0.29, 0.717) is 31.5 Å². The number of carboxylic acid groups (broad SMARTS) is 1. The zero-order valence-electron chi connectivity index (χ0n) is 11.2. The van der Waals surface area contributed by atoms with Crippen LogP contribution in [0.5, 0.6) is 0 Å². The van der Waals surface area contributed by atoms with E-state index in [1.807, 2.05) is 0 Å². The standard InChI is InChI=1S/C14H15F4NO2/c15-12-4-3-9(6-11(12)14(16,17)18)7-19-5-1-2-10(8-19)13(20)21/h3-4,6,10H,1-2,5,7-8H2,(H,20,21). The highest BCUT2D eigenvalue weighted by atomic mass is 19.4. The molecule has 1 N–H and O–H groups in total. The van der Waals surface area contributed by atoms with Crippen molar-refractivity contribution in [1.29, 1.82) is 0 Å². The molecular weight excluding hydrogens is 290 g/mol. The van der Waals surface area contributed by atoms with Gasteiger partial charge in [-0.25, -0.2) is 4.39 Å². The van der Waals surface area contributed by atoms with E-state index in [-0.39, 0.29) is 6.54 Å². The van der Waals surface area contributed by atoms with Gasteiger partial charge in [0, 0.05) is 13.1 Å². The second-order valence-electron chi connectivity index (χ2n) is 5.22. The van der Waals surface area contributed by atoms with Crippen LogP contribution < -0.4 is 0 Å². The molecule has 0 spiro atoms. The first-order chi connectivity index (χ1) is 9.77. The number of hydrogen-bond donors (Lipinski definition) is 1. The van der Waals surface area contributed by atoms with E-state index in [2.05, 4.69) is 0 Å². The summed E-state index contributed by atoms with van der Waals surface area (Å²) >= 11 is 0. The number of likely N-dealkylation sites (tertiary alicyclic amines) is 1. The molecule has 1 atom stereocenters. The quantitative estimate of drug-likeness (QED) is 0.872. The Morgan fingerprint density at radius 3 is 2.71 bits per heavy atom. The zero-order valence-corrected chi connectivity index (χ0v) is 11.2. The number of hydrogen-bond acceptors (Lipinski definition) is 2. The van der Waals surface area contributed by atoms with Crippen LogP contribution in [0.15, 0.2) is 18.2 Å². The summed E-state index contributed by atoms with van der Waals surface area (Å²) in [6.45, 7) is 1.11. The molecule has 116 valence electrons. The highest BCUT2D eigenvalue weighted by Crippen LogP contribution is 2.32. The van der Waals surface area contributed by atoms with Gasteiger partial charge >= 0.3 is 12.1 Å². The second kappa shape index (κ2) is 6.01. The van der Waals surface area contributed by atoms with Gasteiger partial charge in [-0.3, -0.25) is 9.69 Å². The van der Waals surface area contributed by atoms with Crippen LogP contribution in [0.25, 0.3) is 0 Å². The fourth-order valence-electron chi connectivity index (χ4n) is 2.55. The van der Waals surface area contributed by atoms with Crippen LogP contribution in [-0.4, -0.2) is 29.1 Å². The lowest BCUT2D eigenvalue weighted by Crippen LogP contribution is -2.38. The van der Waals surface area contributed by atoms with Crippen molar-refractivity contribution < 1.29 is 27.5 Å². The van der Waals surface area contributed by atoms with E-state index in [9.17, 15) is 22.4 Å². The first-order valence-electron chi connectivity index (χ1n) is 6.58. The Morgan fingerprint density at radius 1 is 1.38 bits per heavy atom. The van der Waals surface area contributed by atoms with Crippen LogP contribution in [0.2, 0.25) is 0 Å². The molecule has 0 radical (unpaired) electrons. The molecule has 21 heavy (non-hydrogen) atoms. The lowest BCUT2D eigenvalue weighted by Gasteiger charge is -2.30. The van der Waals surface area contributed by atoms with Gasteiger partial charge in [-0.15, -0.1) is 0 Å². The van der Waals surface area contributed by atoms with Gasteiger partial charge in [0.05, 0.1) is 11.5 Å². The smallest absolute Gasteiger partial charge is 0.419 e. The largest absolute Gasteiger partial charge is 0.481 e. The third kappa shape index (κ3) is 3.93. The first kappa shape index (κ1) is 15.8. The van der Waals surface area contributed by atoms with Crippen molar-refractivity contribution in [1.82, 2.24) is 4.90 Å². The first-order valence-corrected chi connectivity index (χ1v) is 6.58. The van der Waals surface area contributed by atoms with E-state index in [1.165, 1.54) is 6.07 Å². The molecule has 0 amide bonds. The predicted molar refractivity (Wildman–Crippen MR) is 67.0 cm³/mol. The number of alkyl halides is 3. The minimum atomic E-state index is -4.73. The number of piperidine rings is 1. The second-order valence-corrected chi connectivity index (χ2v) is 5.22. The Balaban J connectivity index is 2.11. The van der Waals surface area contributed by atoms with Crippen molar-refractivity contribution in [3.63, 3.8) is 0 Å².